The van der Waals surface area contributed by atoms with Gasteiger partial charge in [0.2, 0.25) is 0 Å². The predicted molar refractivity (Wildman–Crippen MR) is 120 cm³/mol. The molecule has 2 bridgehead atoms. The van der Waals surface area contributed by atoms with Crippen LogP contribution in [0.1, 0.15) is 78.2 Å². The maximum absolute atomic E-state index is 13.6. The Balaban J connectivity index is 1.39. The fraction of sp³-hybridized carbons (Fsp3) is 0.538. The van der Waals surface area contributed by atoms with Crippen LogP contribution >= 0.6 is 0 Å². The van der Waals surface area contributed by atoms with E-state index in [4.69, 9.17) is 19.7 Å². The number of hydrogen-bond donors (Lipinski definition) is 0. The molecule has 3 aromatic rings. The number of pyridine rings is 2. The molecule has 0 aromatic carbocycles. The summed E-state index contributed by atoms with van der Waals surface area (Å²) in [5.74, 6) is 0.141. The molecule has 3 aromatic heterocycles. The monoisotopic (exact) mass is 468 g/mol. The first kappa shape index (κ1) is 21.9. The van der Waals surface area contributed by atoms with Crippen LogP contribution in [0.15, 0.2) is 24.4 Å². The smallest absolute Gasteiger partial charge is 0.373 e. The number of fused-ring (bicyclic) bond motifs is 1. The Kier molecular flexibility index (Phi) is 4.63. The molecule has 0 radical (unpaired) electrons. The third-order valence-corrected chi connectivity index (χ3v) is 8.21. The normalized spacial score (nSPS) is 30.6. The Bertz CT molecular complexity index is 1290. The summed E-state index contributed by atoms with van der Waals surface area (Å²) in [6.45, 7) is 6.37. The Labute approximate surface area is 196 Å². The van der Waals surface area contributed by atoms with Gasteiger partial charge in [0.15, 0.2) is 0 Å². The van der Waals surface area contributed by atoms with Crippen molar-refractivity contribution in [3.8, 4) is 0 Å². The molecule has 5 nitrogen and oxygen atoms in total. The molecular formula is C26H27F3N4O. The largest absolute Gasteiger partial charge is 0.394 e. The highest BCUT2D eigenvalue weighted by molar-refractivity contribution is 5.79. The maximum Gasteiger partial charge on any atom is 0.394 e. The highest BCUT2D eigenvalue weighted by atomic mass is 19.4. The van der Waals surface area contributed by atoms with Crippen LogP contribution in [-0.4, -0.2) is 32.7 Å². The van der Waals surface area contributed by atoms with Crippen molar-refractivity contribution in [2.75, 3.05) is 6.61 Å². The van der Waals surface area contributed by atoms with Crippen LogP contribution in [0.5, 0.6) is 0 Å². The number of rotatable bonds is 3. The number of hydrogen-bond acceptors (Lipinski definition) is 5. The van der Waals surface area contributed by atoms with Gasteiger partial charge in [-0.05, 0) is 76.6 Å². The van der Waals surface area contributed by atoms with E-state index in [9.17, 15) is 13.2 Å². The van der Waals surface area contributed by atoms with Gasteiger partial charge >= 0.3 is 6.18 Å². The van der Waals surface area contributed by atoms with Crippen molar-refractivity contribution in [1.29, 1.82) is 0 Å². The Hall–Kier alpha value is -2.61. The molecule has 2 atom stereocenters. The zero-order chi connectivity index (χ0) is 23.9. The SMILES string of the molecule is Cc1cc([C@@H]2C[C@@H](c3cc4nc(C)c(C)nc4c([C@]45C[C@](C(F)(F)F)(C4)C5)n3)CCO2)ccn1. The van der Waals surface area contributed by atoms with Gasteiger partial charge in [0.25, 0.3) is 0 Å². The van der Waals surface area contributed by atoms with Crippen molar-refractivity contribution in [1.82, 2.24) is 19.9 Å². The third kappa shape index (κ3) is 3.17. The van der Waals surface area contributed by atoms with E-state index in [-0.39, 0.29) is 31.3 Å². The summed E-state index contributed by atoms with van der Waals surface area (Å²) < 4.78 is 46.8. The number of aryl methyl sites for hydroxylation is 3. The predicted octanol–water partition coefficient (Wildman–Crippen LogP) is 5.96. The van der Waals surface area contributed by atoms with Gasteiger partial charge in [-0.2, -0.15) is 13.2 Å². The first-order chi connectivity index (χ1) is 16.1. The van der Waals surface area contributed by atoms with Crippen molar-refractivity contribution < 1.29 is 17.9 Å². The molecule has 0 unspecified atom stereocenters. The van der Waals surface area contributed by atoms with Gasteiger partial charge in [0.1, 0.15) is 5.52 Å². The van der Waals surface area contributed by atoms with Gasteiger partial charge in [-0.3, -0.25) is 9.97 Å². The fourth-order valence-corrected chi connectivity index (χ4v) is 6.23. The summed E-state index contributed by atoms with van der Waals surface area (Å²) in [5.41, 5.74) is 4.59. The van der Waals surface area contributed by atoms with Crippen molar-refractivity contribution in [3.63, 3.8) is 0 Å². The van der Waals surface area contributed by atoms with E-state index < -0.39 is 17.0 Å². The lowest BCUT2D eigenvalue weighted by atomic mass is 9.34. The van der Waals surface area contributed by atoms with E-state index in [0.717, 1.165) is 46.7 Å². The summed E-state index contributed by atoms with van der Waals surface area (Å²) in [6.07, 6.45) is -0.518. The van der Waals surface area contributed by atoms with E-state index in [0.29, 0.717) is 17.8 Å². The van der Waals surface area contributed by atoms with Crippen LogP contribution < -0.4 is 0 Å². The van der Waals surface area contributed by atoms with Crippen molar-refractivity contribution in [3.05, 3.63) is 58.4 Å². The van der Waals surface area contributed by atoms with Gasteiger partial charge in [-0.15, -0.1) is 0 Å². The maximum atomic E-state index is 13.6. The molecule has 0 amide bonds. The Morgan fingerprint density at radius 1 is 1.00 bits per heavy atom. The minimum atomic E-state index is -4.16. The fourth-order valence-electron chi connectivity index (χ4n) is 6.23. The van der Waals surface area contributed by atoms with E-state index >= 15 is 0 Å². The zero-order valence-electron chi connectivity index (χ0n) is 19.5. The topological polar surface area (TPSA) is 60.8 Å². The van der Waals surface area contributed by atoms with E-state index in [1.807, 2.05) is 39.0 Å². The van der Waals surface area contributed by atoms with E-state index in [1.54, 1.807) is 6.20 Å². The molecular weight excluding hydrogens is 441 g/mol. The molecule has 4 aliphatic rings. The first-order valence-electron chi connectivity index (χ1n) is 11.9. The average Bonchev–Trinajstić information content (AvgIpc) is 2.72. The van der Waals surface area contributed by atoms with E-state index in [1.165, 1.54) is 0 Å². The number of ether oxygens (including phenoxy) is 1. The number of halogens is 3. The summed E-state index contributed by atoms with van der Waals surface area (Å²) in [5, 5.41) is 0. The van der Waals surface area contributed by atoms with Crippen LogP contribution in [-0.2, 0) is 10.2 Å². The first-order valence-corrected chi connectivity index (χ1v) is 11.9. The Morgan fingerprint density at radius 2 is 1.74 bits per heavy atom. The molecule has 4 fully saturated rings. The van der Waals surface area contributed by atoms with Crippen LogP contribution in [0.3, 0.4) is 0 Å². The summed E-state index contributed by atoms with van der Waals surface area (Å²) in [4.78, 5) is 18.9. The average molecular weight is 469 g/mol. The van der Waals surface area contributed by atoms with Gasteiger partial charge in [0, 0.05) is 35.5 Å². The summed E-state index contributed by atoms with van der Waals surface area (Å²) >= 11 is 0. The van der Waals surface area contributed by atoms with Crippen molar-refractivity contribution in [2.24, 2.45) is 5.41 Å². The Morgan fingerprint density at radius 3 is 2.44 bits per heavy atom. The zero-order valence-corrected chi connectivity index (χ0v) is 19.5. The minimum Gasteiger partial charge on any atom is -0.373 e. The second kappa shape index (κ2) is 7.20. The second-order valence-electron chi connectivity index (χ2n) is 10.6. The lowest BCUT2D eigenvalue weighted by Gasteiger charge is -2.70. The number of alkyl halides is 3. The molecule has 7 rings (SSSR count). The van der Waals surface area contributed by atoms with Crippen molar-refractivity contribution >= 4 is 11.0 Å². The van der Waals surface area contributed by atoms with Crippen LogP contribution in [0.25, 0.3) is 11.0 Å². The quantitative estimate of drug-likeness (QED) is 0.474. The summed E-state index contributed by atoms with van der Waals surface area (Å²) in [7, 11) is 0. The van der Waals surface area contributed by atoms with Gasteiger partial charge in [-0.1, -0.05) is 0 Å². The van der Waals surface area contributed by atoms with E-state index in [2.05, 4.69) is 4.98 Å². The molecule has 8 heteroatoms. The molecule has 1 aliphatic heterocycles. The van der Waals surface area contributed by atoms with Gasteiger partial charge in [0.05, 0.1) is 34.1 Å². The van der Waals surface area contributed by atoms with Gasteiger partial charge < -0.3 is 4.74 Å². The number of nitrogens with zero attached hydrogens (tertiary/aromatic N) is 4. The standard InChI is InChI=1S/C26H27F3N4O/c1-14-8-18(4-6-30-14)21-9-17(5-7-34-21)19-10-20-22(32-16(3)15(2)31-20)23(33-19)24-11-25(12-24,13-24)26(27,28)29/h4,6,8,10,17,21H,5,7,9,11-13H2,1-3H3/t17-,21-,24-,25+/m0/s1. The van der Waals surface area contributed by atoms with Crippen LogP contribution in [0.2, 0.25) is 0 Å². The molecule has 1 saturated heterocycles. The lowest BCUT2D eigenvalue weighted by Crippen LogP contribution is -2.70. The van der Waals surface area contributed by atoms with Gasteiger partial charge in [-0.25, -0.2) is 9.97 Å². The number of aromatic nitrogens is 4. The molecule has 3 saturated carbocycles. The second-order valence-corrected chi connectivity index (χ2v) is 10.6. The highest BCUT2D eigenvalue weighted by Gasteiger charge is 2.79. The molecule has 4 heterocycles. The molecule has 0 spiro atoms. The molecule has 0 N–H and O–H groups in total. The molecule has 3 aliphatic carbocycles. The van der Waals surface area contributed by atoms with Crippen LogP contribution in [0.4, 0.5) is 13.2 Å². The molecule has 34 heavy (non-hydrogen) atoms. The molecule has 178 valence electrons. The third-order valence-electron chi connectivity index (χ3n) is 8.21. The lowest BCUT2D eigenvalue weighted by molar-refractivity contribution is -0.337. The van der Waals surface area contributed by atoms with Crippen LogP contribution in [0, 0.1) is 26.2 Å². The van der Waals surface area contributed by atoms with Crippen molar-refractivity contribution in [2.45, 2.75) is 76.5 Å². The minimum absolute atomic E-state index is 0.0596. The summed E-state index contributed by atoms with van der Waals surface area (Å²) in [6, 6.07) is 6.02. The highest BCUT2D eigenvalue weighted by Crippen LogP contribution is 2.78.